The summed E-state index contributed by atoms with van der Waals surface area (Å²) in [6.45, 7) is 17.8. The molecule has 0 heterocycles. The topological polar surface area (TPSA) is 82.4 Å². The SMILES string of the molecule is CC(C)(C)C(NC(=O)O)C1(C#N)CCC(CO[Si](C)(C)C(C)(C)C)C1. The van der Waals surface area contributed by atoms with Gasteiger partial charge in [0.25, 0.3) is 0 Å². The molecular formula is C19H36N2O3Si. The Kier molecular flexibility index (Phi) is 6.40. The van der Waals surface area contributed by atoms with Gasteiger partial charge in [0.15, 0.2) is 8.32 Å². The number of nitriles is 1. The number of nitrogens with zero attached hydrogens (tertiary/aromatic N) is 1. The summed E-state index contributed by atoms with van der Waals surface area (Å²) in [6, 6.07) is 2.09. The van der Waals surface area contributed by atoms with E-state index < -0.39 is 19.8 Å². The Morgan fingerprint density at radius 3 is 2.32 bits per heavy atom. The van der Waals surface area contributed by atoms with E-state index in [0.717, 1.165) is 12.8 Å². The van der Waals surface area contributed by atoms with Crippen molar-refractivity contribution >= 4 is 14.4 Å². The summed E-state index contributed by atoms with van der Waals surface area (Å²) in [6.07, 6.45) is 1.27. The maximum atomic E-state index is 11.3. The highest BCUT2D eigenvalue weighted by atomic mass is 28.4. The summed E-state index contributed by atoms with van der Waals surface area (Å²) < 4.78 is 6.35. The normalized spacial score (nSPS) is 26.1. The monoisotopic (exact) mass is 368 g/mol. The summed E-state index contributed by atoms with van der Waals surface area (Å²) in [5.74, 6) is 0.314. The first kappa shape index (κ1) is 22.0. The van der Waals surface area contributed by atoms with Gasteiger partial charge in [0.1, 0.15) is 0 Å². The number of hydrogen-bond donors (Lipinski definition) is 2. The number of amides is 1. The quantitative estimate of drug-likeness (QED) is 0.669. The van der Waals surface area contributed by atoms with Crippen LogP contribution in [-0.2, 0) is 4.43 Å². The van der Waals surface area contributed by atoms with Crippen LogP contribution < -0.4 is 5.32 Å². The molecule has 5 nitrogen and oxygen atoms in total. The van der Waals surface area contributed by atoms with Crippen LogP contribution in [-0.4, -0.2) is 32.2 Å². The lowest BCUT2D eigenvalue weighted by molar-refractivity contribution is 0.120. The molecular weight excluding hydrogens is 332 g/mol. The van der Waals surface area contributed by atoms with E-state index in [0.29, 0.717) is 18.9 Å². The van der Waals surface area contributed by atoms with Crippen LogP contribution in [0.4, 0.5) is 4.79 Å². The highest BCUT2D eigenvalue weighted by molar-refractivity contribution is 6.74. The van der Waals surface area contributed by atoms with Crippen molar-refractivity contribution < 1.29 is 14.3 Å². The Balaban J connectivity index is 2.89. The van der Waals surface area contributed by atoms with Gasteiger partial charge in [-0.05, 0) is 48.7 Å². The summed E-state index contributed by atoms with van der Waals surface area (Å²) in [5.41, 5.74) is -0.971. The van der Waals surface area contributed by atoms with Crippen LogP contribution in [0.15, 0.2) is 0 Å². The molecule has 6 heteroatoms. The predicted molar refractivity (Wildman–Crippen MR) is 103 cm³/mol. The van der Waals surface area contributed by atoms with Crippen LogP contribution in [0.1, 0.15) is 60.8 Å². The van der Waals surface area contributed by atoms with Gasteiger partial charge in [0.2, 0.25) is 0 Å². The number of hydrogen-bond acceptors (Lipinski definition) is 3. The van der Waals surface area contributed by atoms with Crippen molar-refractivity contribution in [3.63, 3.8) is 0 Å². The first-order valence-corrected chi connectivity index (χ1v) is 12.1. The van der Waals surface area contributed by atoms with Crippen LogP contribution in [0, 0.1) is 28.1 Å². The zero-order valence-electron chi connectivity index (χ0n) is 17.2. The second-order valence-electron chi connectivity index (χ2n) is 10.2. The lowest BCUT2D eigenvalue weighted by atomic mass is 9.68. The van der Waals surface area contributed by atoms with E-state index in [1.165, 1.54) is 0 Å². The zero-order chi connectivity index (χ0) is 19.7. The van der Waals surface area contributed by atoms with Gasteiger partial charge in [-0.2, -0.15) is 5.26 Å². The fourth-order valence-corrected chi connectivity index (χ4v) is 4.69. The molecule has 0 aromatic rings. The highest BCUT2D eigenvalue weighted by Gasteiger charge is 2.51. The first-order chi connectivity index (χ1) is 11.1. The minimum atomic E-state index is -1.81. The van der Waals surface area contributed by atoms with Crippen LogP contribution in [0.5, 0.6) is 0 Å². The van der Waals surface area contributed by atoms with Crippen molar-refractivity contribution in [3.8, 4) is 6.07 Å². The van der Waals surface area contributed by atoms with E-state index in [-0.39, 0.29) is 16.5 Å². The van der Waals surface area contributed by atoms with Crippen molar-refractivity contribution in [2.24, 2.45) is 16.7 Å². The van der Waals surface area contributed by atoms with E-state index in [9.17, 15) is 15.2 Å². The van der Waals surface area contributed by atoms with E-state index in [1.807, 2.05) is 20.8 Å². The third kappa shape index (κ3) is 5.21. The fourth-order valence-electron chi connectivity index (χ4n) is 3.60. The van der Waals surface area contributed by atoms with E-state index in [4.69, 9.17) is 4.43 Å². The molecule has 0 aliphatic heterocycles. The summed E-state index contributed by atoms with van der Waals surface area (Å²) in [5, 5.41) is 22.0. The van der Waals surface area contributed by atoms with Gasteiger partial charge in [-0.25, -0.2) is 4.79 Å². The number of carbonyl (C=O) groups is 1. The molecule has 0 aromatic heterocycles. The minimum absolute atomic E-state index is 0.163. The lowest BCUT2D eigenvalue weighted by Gasteiger charge is -2.41. The third-order valence-corrected chi connectivity index (χ3v) is 10.5. The average Bonchev–Trinajstić information content (AvgIpc) is 2.85. The molecule has 0 spiro atoms. The molecule has 1 aliphatic rings. The van der Waals surface area contributed by atoms with Gasteiger partial charge < -0.3 is 14.8 Å². The third-order valence-electron chi connectivity index (χ3n) is 6.05. The number of carboxylic acid groups (broad SMARTS) is 1. The molecule has 1 amide bonds. The van der Waals surface area contributed by atoms with Crippen molar-refractivity contribution in [2.45, 2.75) is 85.0 Å². The van der Waals surface area contributed by atoms with E-state index >= 15 is 0 Å². The zero-order valence-corrected chi connectivity index (χ0v) is 18.2. The second kappa shape index (κ2) is 7.28. The standard InChI is InChI=1S/C19H36N2O3Si/c1-17(2,3)15(21-16(22)23)19(13-20)10-9-14(11-19)12-24-25(7,8)18(4,5)6/h14-15,21H,9-12H2,1-8H3,(H,22,23). The van der Waals surface area contributed by atoms with Gasteiger partial charge in [-0.15, -0.1) is 0 Å². The molecule has 3 atom stereocenters. The molecule has 1 rings (SSSR count). The van der Waals surface area contributed by atoms with Gasteiger partial charge >= 0.3 is 6.09 Å². The van der Waals surface area contributed by atoms with Gasteiger partial charge in [0.05, 0.1) is 17.5 Å². The Bertz CT molecular complexity index is 528. The summed E-state index contributed by atoms with van der Waals surface area (Å²) in [4.78, 5) is 11.3. The van der Waals surface area contributed by atoms with Gasteiger partial charge in [0, 0.05) is 6.61 Å². The van der Waals surface area contributed by atoms with Crippen molar-refractivity contribution in [3.05, 3.63) is 0 Å². The molecule has 0 aromatic carbocycles. The highest BCUT2D eigenvalue weighted by Crippen LogP contribution is 2.49. The van der Waals surface area contributed by atoms with Crippen molar-refractivity contribution in [1.82, 2.24) is 5.32 Å². The maximum Gasteiger partial charge on any atom is 0.404 e. The molecule has 0 bridgehead atoms. The molecule has 0 radical (unpaired) electrons. The Hall–Kier alpha value is -1.06. The Morgan fingerprint density at radius 1 is 1.36 bits per heavy atom. The molecule has 1 saturated carbocycles. The lowest BCUT2D eigenvalue weighted by Crippen LogP contribution is -2.53. The largest absolute Gasteiger partial charge is 0.465 e. The molecule has 2 N–H and O–H groups in total. The van der Waals surface area contributed by atoms with Gasteiger partial charge in [-0.3, -0.25) is 0 Å². The predicted octanol–water partition coefficient (Wildman–Crippen LogP) is 5.00. The molecule has 0 saturated heterocycles. The van der Waals surface area contributed by atoms with Crippen LogP contribution >= 0.6 is 0 Å². The molecule has 1 aliphatic carbocycles. The fraction of sp³-hybridized carbons (Fsp3) is 0.895. The Labute approximate surface area is 154 Å². The Morgan fingerprint density at radius 2 is 1.92 bits per heavy atom. The minimum Gasteiger partial charge on any atom is -0.465 e. The van der Waals surface area contributed by atoms with Crippen LogP contribution in [0.25, 0.3) is 0 Å². The van der Waals surface area contributed by atoms with Gasteiger partial charge in [-0.1, -0.05) is 41.5 Å². The smallest absolute Gasteiger partial charge is 0.404 e. The van der Waals surface area contributed by atoms with Crippen LogP contribution in [0.3, 0.4) is 0 Å². The van der Waals surface area contributed by atoms with Crippen LogP contribution in [0.2, 0.25) is 18.1 Å². The molecule has 1 fully saturated rings. The molecule has 25 heavy (non-hydrogen) atoms. The average molecular weight is 369 g/mol. The van der Waals surface area contributed by atoms with E-state index in [1.54, 1.807) is 0 Å². The molecule has 3 unspecified atom stereocenters. The summed E-state index contributed by atoms with van der Waals surface area (Å²) >= 11 is 0. The molecule has 144 valence electrons. The summed E-state index contributed by atoms with van der Waals surface area (Å²) in [7, 11) is -1.81. The first-order valence-electron chi connectivity index (χ1n) is 9.19. The second-order valence-corrected chi connectivity index (χ2v) is 15.0. The van der Waals surface area contributed by atoms with Crippen molar-refractivity contribution in [1.29, 1.82) is 5.26 Å². The maximum absolute atomic E-state index is 11.3. The number of nitrogens with one attached hydrogen (secondary N) is 1. The van der Waals surface area contributed by atoms with E-state index in [2.05, 4.69) is 45.3 Å². The van der Waals surface area contributed by atoms with Crippen molar-refractivity contribution in [2.75, 3.05) is 6.61 Å². The number of rotatable bonds is 5.